The first kappa shape index (κ1) is 24.0. The molecule has 1 aliphatic rings. The van der Waals surface area contributed by atoms with Crippen molar-refractivity contribution >= 4 is 0 Å². The summed E-state index contributed by atoms with van der Waals surface area (Å²) in [6, 6.07) is 11.9. The Morgan fingerprint density at radius 1 is 0.794 bits per heavy atom. The summed E-state index contributed by atoms with van der Waals surface area (Å²) in [5.74, 6) is -4.63. The van der Waals surface area contributed by atoms with Gasteiger partial charge in [-0.3, -0.25) is 0 Å². The van der Waals surface area contributed by atoms with Gasteiger partial charge >= 0.3 is 0 Å². The lowest BCUT2D eigenvalue weighted by atomic mass is 9.94. The van der Waals surface area contributed by atoms with Gasteiger partial charge in [-0.15, -0.1) is 0 Å². The zero-order chi connectivity index (χ0) is 24.2. The summed E-state index contributed by atoms with van der Waals surface area (Å²) in [6.07, 6.45) is 3.06. The van der Waals surface area contributed by atoms with Gasteiger partial charge in [-0.25, -0.2) is 13.2 Å². The van der Waals surface area contributed by atoms with Crippen molar-refractivity contribution in [1.29, 1.82) is 0 Å². The van der Waals surface area contributed by atoms with Crippen LogP contribution >= 0.6 is 0 Å². The van der Waals surface area contributed by atoms with Crippen LogP contribution in [0.1, 0.15) is 25.3 Å². The quantitative estimate of drug-likeness (QED) is 0.285. The molecule has 0 radical (unpaired) electrons. The zero-order valence-corrected chi connectivity index (χ0v) is 18.8. The number of hydrogen-bond acceptors (Lipinski definition) is 3. The third-order valence-electron chi connectivity index (χ3n) is 5.68. The van der Waals surface area contributed by atoms with E-state index in [1.165, 1.54) is 48.5 Å². The van der Waals surface area contributed by atoms with Crippen molar-refractivity contribution in [2.75, 3.05) is 19.8 Å². The molecule has 1 aliphatic heterocycles. The molecule has 3 nitrogen and oxygen atoms in total. The highest BCUT2D eigenvalue weighted by atomic mass is 19.2. The molecule has 0 unspecified atom stereocenters. The molecule has 7 heteroatoms. The number of rotatable bonds is 6. The highest BCUT2D eigenvalue weighted by Crippen LogP contribution is 2.34. The second-order valence-corrected chi connectivity index (χ2v) is 7.84. The molecule has 0 bridgehead atoms. The van der Waals surface area contributed by atoms with E-state index >= 15 is 0 Å². The molecular formula is C27H24F4O3. The van der Waals surface area contributed by atoms with Crippen molar-refractivity contribution in [2.45, 2.75) is 26.1 Å². The summed E-state index contributed by atoms with van der Waals surface area (Å²) in [5.41, 5.74) is 1.10. The highest BCUT2D eigenvalue weighted by molar-refractivity contribution is 5.71. The van der Waals surface area contributed by atoms with Gasteiger partial charge in [-0.05, 0) is 48.7 Å². The molecule has 0 N–H and O–H groups in total. The van der Waals surface area contributed by atoms with E-state index in [4.69, 9.17) is 14.2 Å². The Bertz CT molecular complexity index is 1180. The smallest absolute Gasteiger partial charge is 0.201 e. The van der Waals surface area contributed by atoms with Crippen molar-refractivity contribution < 1.29 is 31.8 Å². The van der Waals surface area contributed by atoms with Gasteiger partial charge in [-0.2, -0.15) is 4.39 Å². The highest BCUT2D eigenvalue weighted by Gasteiger charge is 2.27. The van der Waals surface area contributed by atoms with E-state index in [2.05, 4.69) is 0 Å². The van der Waals surface area contributed by atoms with E-state index in [0.717, 1.165) is 0 Å². The summed E-state index contributed by atoms with van der Waals surface area (Å²) >= 11 is 0. The van der Waals surface area contributed by atoms with Crippen LogP contribution in [-0.2, 0) is 9.47 Å². The normalized spacial score (nSPS) is 18.4. The van der Waals surface area contributed by atoms with Crippen molar-refractivity contribution in [3.8, 4) is 28.0 Å². The molecule has 4 rings (SSSR count). The lowest BCUT2D eigenvalue weighted by Crippen LogP contribution is -2.30. The molecule has 0 amide bonds. The van der Waals surface area contributed by atoms with Crippen LogP contribution in [0.4, 0.5) is 17.6 Å². The summed E-state index contributed by atoms with van der Waals surface area (Å²) in [5, 5.41) is 0. The molecule has 0 aliphatic carbocycles. The van der Waals surface area contributed by atoms with Crippen molar-refractivity contribution in [2.24, 2.45) is 0 Å². The maximum absolute atomic E-state index is 15.0. The maximum Gasteiger partial charge on any atom is 0.201 e. The molecule has 178 valence electrons. The van der Waals surface area contributed by atoms with Gasteiger partial charge in [0, 0.05) is 17.0 Å². The fraction of sp³-hybridized carbons (Fsp3) is 0.259. The Morgan fingerprint density at radius 3 is 1.91 bits per heavy atom. The van der Waals surface area contributed by atoms with E-state index in [1.807, 2.05) is 6.92 Å². The summed E-state index contributed by atoms with van der Waals surface area (Å²) in [4.78, 5) is 0. The van der Waals surface area contributed by atoms with Crippen LogP contribution in [0.3, 0.4) is 0 Å². The van der Waals surface area contributed by atoms with Crippen LogP contribution in [0.5, 0.6) is 5.75 Å². The maximum atomic E-state index is 15.0. The molecule has 34 heavy (non-hydrogen) atoms. The molecular weight excluding hydrogens is 448 g/mol. The minimum atomic E-state index is -1.07. The fourth-order valence-electron chi connectivity index (χ4n) is 3.92. The third-order valence-corrected chi connectivity index (χ3v) is 5.68. The SMILES string of the molecule is C/C=C/C1OCC(c2ccc(-c3ccc(-c4ccc(OCC)c(F)c4F)cc3)c(F)c2F)CO1. The summed E-state index contributed by atoms with van der Waals surface area (Å²) in [6.45, 7) is 4.15. The van der Waals surface area contributed by atoms with Gasteiger partial charge in [0.1, 0.15) is 0 Å². The molecule has 1 saturated heterocycles. The predicted octanol–water partition coefficient (Wildman–Crippen LogP) is 7.01. The first-order chi connectivity index (χ1) is 16.4. The molecule has 3 aromatic carbocycles. The Labute approximate surface area is 195 Å². The zero-order valence-electron chi connectivity index (χ0n) is 18.8. The molecule has 0 saturated carbocycles. The van der Waals surface area contributed by atoms with E-state index in [9.17, 15) is 17.6 Å². The minimum Gasteiger partial charge on any atom is -0.491 e. The van der Waals surface area contributed by atoms with Crippen LogP contribution in [0, 0.1) is 23.3 Å². The number of ether oxygens (including phenoxy) is 3. The Balaban J connectivity index is 1.57. The second kappa shape index (κ2) is 10.4. The van der Waals surface area contributed by atoms with E-state index in [0.29, 0.717) is 11.1 Å². The first-order valence-electron chi connectivity index (χ1n) is 11.0. The minimum absolute atomic E-state index is 0.0445. The fourth-order valence-corrected chi connectivity index (χ4v) is 3.92. The summed E-state index contributed by atoms with van der Waals surface area (Å²) in [7, 11) is 0. The number of hydrogen-bond donors (Lipinski definition) is 0. The van der Waals surface area contributed by atoms with Gasteiger partial charge < -0.3 is 14.2 Å². The van der Waals surface area contributed by atoms with Gasteiger partial charge in [-0.1, -0.05) is 42.5 Å². The number of halogens is 4. The molecule has 3 aromatic rings. The predicted molar refractivity (Wildman–Crippen MR) is 122 cm³/mol. The molecule has 1 fully saturated rings. The van der Waals surface area contributed by atoms with Crippen LogP contribution in [0.25, 0.3) is 22.3 Å². The average Bonchev–Trinajstić information content (AvgIpc) is 2.85. The topological polar surface area (TPSA) is 27.7 Å². The van der Waals surface area contributed by atoms with Gasteiger partial charge in [0.2, 0.25) is 5.82 Å². The molecule has 1 heterocycles. The van der Waals surface area contributed by atoms with Gasteiger partial charge in [0.15, 0.2) is 29.5 Å². The Hall–Kier alpha value is -3.16. The second-order valence-electron chi connectivity index (χ2n) is 7.84. The van der Waals surface area contributed by atoms with Crippen LogP contribution < -0.4 is 4.74 Å². The number of benzene rings is 3. The molecule has 0 atom stereocenters. The van der Waals surface area contributed by atoms with Gasteiger partial charge in [0.05, 0.1) is 19.8 Å². The average molecular weight is 472 g/mol. The van der Waals surface area contributed by atoms with Crippen LogP contribution in [0.15, 0.2) is 60.7 Å². The lowest BCUT2D eigenvalue weighted by Gasteiger charge is -2.28. The first-order valence-corrected chi connectivity index (χ1v) is 11.0. The van der Waals surface area contributed by atoms with E-state index < -0.39 is 35.5 Å². The standard InChI is InChI=1S/C27H24F4O3/c1-3-5-23-33-14-18(15-34-23)21-11-10-19(24(28)25(21)29)16-6-8-17(9-7-16)20-12-13-22(32-4-2)27(31)26(20)30/h3,5-13,18,23H,4,14-15H2,1-2H3/b5-3+. The molecule has 0 aromatic heterocycles. The largest absolute Gasteiger partial charge is 0.491 e. The monoisotopic (exact) mass is 472 g/mol. The van der Waals surface area contributed by atoms with E-state index in [1.54, 1.807) is 19.1 Å². The summed E-state index contributed by atoms with van der Waals surface area (Å²) < 4.78 is 74.7. The van der Waals surface area contributed by atoms with E-state index in [-0.39, 0.29) is 42.3 Å². The Morgan fingerprint density at radius 2 is 1.35 bits per heavy atom. The number of allylic oxidation sites excluding steroid dienone is 1. The van der Waals surface area contributed by atoms with Crippen molar-refractivity contribution in [1.82, 2.24) is 0 Å². The Kier molecular flexibility index (Phi) is 7.34. The molecule has 0 spiro atoms. The van der Waals surface area contributed by atoms with Gasteiger partial charge in [0.25, 0.3) is 0 Å². The van der Waals surface area contributed by atoms with Crippen molar-refractivity contribution in [3.63, 3.8) is 0 Å². The third kappa shape index (κ3) is 4.72. The lowest BCUT2D eigenvalue weighted by molar-refractivity contribution is -0.159. The van der Waals surface area contributed by atoms with Crippen molar-refractivity contribution in [3.05, 3.63) is 89.5 Å². The van der Waals surface area contributed by atoms with Crippen LogP contribution in [0.2, 0.25) is 0 Å². The van der Waals surface area contributed by atoms with Crippen LogP contribution in [-0.4, -0.2) is 26.1 Å².